The maximum Gasteiger partial charge on any atom is 0.225 e. The van der Waals surface area contributed by atoms with Crippen molar-refractivity contribution in [3.05, 3.63) is 48.0 Å². The fraction of sp³-hybridized carbons (Fsp3) is 0.312. The van der Waals surface area contributed by atoms with E-state index in [1.54, 1.807) is 29.9 Å². The number of rotatable bonds is 3. The van der Waals surface area contributed by atoms with Crippen LogP contribution < -0.4 is 4.90 Å². The molecule has 116 valence electrons. The lowest BCUT2D eigenvalue weighted by Gasteiger charge is -2.30. The summed E-state index contributed by atoms with van der Waals surface area (Å²) in [6, 6.07) is 5.79. The van der Waals surface area contributed by atoms with Gasteiger partial charge in [-0.1, -0.05) is 11.3 Å². The summed E-state index contributed by atoms with van der Waals surface area (Å²) in [5.41, 5.74) is 1.03. The standard InChI is InChI=1S/C16H16N6S/c1-3-13(11-17-6-1)15-21-20-14(23-15)12-4-9-22(10-5-12)16-18-7-2-8-19-16/h1-3,6-8,11-12H,4-5,9-10H2. The van der Waals surface area contributed by atoms with Crippen molar-refractivity contribution in [1.29, 1.82) is 0 Å². The molecule has 0 radical (unpaired) electrons. The second-order valence-corrected chi connectivity index (χ2v) is 6.51. The number of hydrogen-bond donors (Lipinski definition) is 0. The van der Waals surface area contributed by atoms with E-state index in [1.165, 1.54) is 0 Å². The molecule has 0 aromatic carbocycles. The maximum atomic E-state index is 4.40. The van der Waals surface area contributed by atoms with Crippen molar-refractivity contribution in [2.24, 2.45) is 0 Å². The summed E-state index contributed by atoms with van der Waals surface area (Å²) >= 11 is 1.68. The Hall–Kier alpha value is -2.41. The Morgan fingerprint density at radius 1 is 1.00 bits per heavy atom. The molecule has 4 heterocycles. The van der Waals surface area contributed by atoms with E-state index in [-0.39, 0.29) is 0 Å². The number of aromatic nitrogens is 5. The minimum absolute atomic E-state index is 0.470. The van der Waals surface area contributed by atoms with Crippen molar-refractivity contribution in [1.82, 2.24) is 25.1 Å². The third-order valence-corrected chi connectivity index (χ3v) is 5.16. The van der Waals surface area contributed by atoms with Gasteiger partial charge >= 0.3 is 0 Å². The van der Waals surface area contributed by atoms with Crippen molar-refractivity contribution >= 4 is 17.3 Å². The molecule has 6 nitrogen and oxygen atoms in total. The number of hydrogen-bond acceptors (Lipinski definition) is 7. The number of pyridine rings is 1. The number of nitrogens with zero attached hydrogens (tertiary/aromatic N) is 6. The molecular weight excluding hydrogens is 308 g/mol. The van der Waals surface area contributed by atoms with Crippen molar-refractivity contribution < 1.29 is 0 Å². The molecule has 1 fully saturated rings. The van der Waals surface area contributed by atoms with Crippen LogP contribution in [0.2, 0.25) is 0 Å². The smallest absolute Gasteiger partial charge is 0.225 e. The van der Waals surface area contributed by atoms with Gasteiger partial charge in [0.15, 0.2) is 0 Å². The topological polar surface area (TPSA) is 67.7 Å². The summed E-state index contributed by atoms with van der Waals surface area (Å²) in [6.07, 6.45) is 9.30. The first-order valence-corrected chi connectivity index (χ1v) is 8.47. The SMILES string of the molecule is c1cnc(N2CCC(c3nnc(-c4cccnc4)s3)CC2)nc1. The van der Waals surface area contributed by atoms with Gasteiger partial charge < -0.3 is 4.90 Å². The third kappa shape index (κ3) is 3.05. The van der Waals surface area contributed by atoms with Gasteiger partial charge in [-0.25, -0.2) is 9.97 Å². The molecule has 0 unspecified atom stereocenters. The van der Waals surface area contributed by atoms with E-state index in [9.17, 15) is 0 Å². The average molecular weight is 324 g/mol. The Balaban J connectivity index is 1.44. The van der Waals surface area contributed by atoms with Gasteiger partial charge in [0.1, 0.15) is 10.0 Å². The molecule has 0 N–H and O–H groups in total. The highest BCUT2D eigenvalue weighted by molar-refractivity contribution is 7.14. The van der Waals surface area contributed by atoms with Crippen molar-refractivity contribution in [3.8, 4) is 10.6 Å². The van der Waals surface area contributed by atoms with E-state index in [2.05, 4.69) is 30.0 Å². The van der Waals surface area contributed by atoms with Crippen LogP contribution in [0.3, 0.4) is 0 Å². The zero-order chi connectivity index (χ0) is 15.5. The molecule has 0 aliphatic carbocycles. The van der Waals surface area contributed by atoms with E-state index in [4.69, 9.17) is 0 Å². The fourth-order valence-electron chi connectivity index (χ4n) is 2.79. The van der Waals surface area contributed by atoms with Crippen LogP contribution in [0.4, 0.5) is 5.95 Å². The summed E-state index contributed by atoms with van der Waals surface area (Å²) in [5, 5.41) is 10.8. The molecule has 4 rings (SSSR count). The largest absolute Gasteiger partial charge is 0.341 e. The Morgan fingerprint density at radius 3 is 2.57 bits per heavy atom. The third-order valence-electron chi connectivity index (χ3n) is 4.03. The zero-order valence-corrected chi connectivity index (χ0v) is 13.4. The second kappa shape index (κ2) is 6.37. The van der Waals surface area contributed by atoms with Crippen molar-refractivity contribution in [3.63, 3.8) is 0 Å². The second-order valence-electron chi connectivity index (χ2n) is 5.50. The van der Waals surface area contributed by atoms with E-state index in [0.29, 0.717) is 5.92 Å². The Labute approximate surface area is 138 Å². The lowest BCUT2D eigenvalue weighted by molar-refractivity contribution is 0.495. The highest BCUT2D eigenvalue weighted by atomic mass is 32.1. The molecule has 0 spiro atoms. The zero-order valence-electron chi connectivity index (χ0n) is 12.5. The van der Waals surface area contributed by atoms with Crippen molar-refractivity contribution in [2.45, 2.75) is 18.8 Å². The molecule has 0 atom stereocenters. The predicted octanol–water partition coefficient (Wildman–Crippen LogP) is 2.77. The van der Waals surface area contributed by atoms with Gasteiger partial charge in [0.05, 0.1) is 0 Å². The van der Waals surface area contributed by atoms with Gasteiger partial charge in [0.25, 0.3) is 0 Å². The number of piperidine rings is 1. The highest BCUT2D eigenvalue weighted by Gasteiger charge is 2.25. The molecule has 23 heavy (non-hydrogen) atoms. The van der Waals surface area contributed by atoms with Crippen LogP contribution in [0, 0.1) is 0 Å². The van der Waals surface area contributed by atoms with Crippen LogP contribution >= 0.6 is 11.3 Å². The van der Waals surface area contributed by atoms with Crippen LogP contribution in [-0.4, -0.2) is 38.2 Å². The molecule has 3 aromatic heterocycles. The molecule has 1 aliphatic heterocycles. The Kier molecular flexibility index (Phi) is 3.94. The van der Waals surface area contributed by atoms with Crippen molar-refractivity contribution in [2.75, 3.05) is 18.0 Å². The molecular formula is C16H16N6S. The van der Waals surface area contributed by atoms with Gasteiger partial charge in [0.2, 0.25) is 5.95 Å². The average Bonchev–Trinajstić information content (AvgIpc) is 3.14. The first-order chi connectivity index (χ1) is 11.4. The Morgan fingerprint density at radius 2 is 1.83 bits per heavy atom. The molecule has 1 saturated heterocycles. The van der Waals surface area contributed by atoms with E-state index in [0.717, 1.165) is 47.5 Å². The van der Waals surface area contributed by atoms with E-state index < -0.39 is 0 Å². The quantitative estimate of drug-likeness (QED) is 0.738. The maximum absolute atomic E-state index is 4.40. The van der Waals surface area contributed by atoms with Gasteiger partial charge in [-0.3, -0.25) is 4.98 Å². The predicted molar refractivity (Wildman–Crippen MR) is 89.4 cm³/mol. The summed E-state index contributed by atoms with van der Waals surface area (Å²) in [5.74, 6) is 1.29. The Bertz CT molecular complexity index is 753. The van der Waals surface area contributed by atoms with E-state index >= 15 is 0 Å². The first-order valence-electron chi connectivity index (χ1n) is 7.66. The lowest BCUT2D eigenvalue weighted by atomic mass is 9.98. The van der Waals surface area contributed by atoms with Gasteiger partial charge in [-0.15, -0.1) is 10.2 Å². The normalized spacial score (nSPS) is 15.7. The summed E-state index contributed by atoms with van der Waals surface area (Å²) in [6.45, 7) is 1.91. The van der Waals surface area contributed by atoms with Crippen LogP contribution in [0.1, 0.15) is 23.8 Å². The monoisotopic (exact) mass is 324 g/mol. The minimum Gasteiger partial charge on any atom is -0.341 e. The summed E-state index contributed by atoms with van der Waals surface area (Å²) in [7, 11) is 0. The molecule has 7 heteroatoms. The first kappa shape index (κ1) is 14.2. The molecule has 0 saturated carbocycles. The highest BCUT2D eigenvalue weighted by Crippen LogP contribution is 2.33. The van der Waals surface area contributed by atoms with Crippen LogP contribution in [-0.2, 0) is 0 Å². The van der Waals surface area contributed by atoms with E-state index in [1.807, 2.05) is 24.4 Å². The molecule has 3 aromatic rings. The van der Waals surface area contributed by atoms with Crippen LogP contribution in [0.25, 0.3) is 10.6 Å². The molecule has 0 bridgehead atoms. The molecule has 1 aliphatic rings. The van der Waals surface area contributed by atoms with Gasteiger partial charge in [-0.05, 0) is 31.0 Å². The van der Waals surface area contributed by atoms with Gasteiger partial charge in [0, 0.05) is 49.4 Å². The fourth-order valence-corrected chi connectivity index (χ4v) is 3.79. The number of anilines is 1. The molecule has 0 amide bonds. The van der Waals surface area contributed by atoms with Crippen LogP contribution in [0.15, 0.2) is 43.0 Å². The summed E-state index contributed by atoms with van der Waals surface area (Å²) in [4.78, 5) is 15.0. The van der Waals surface area contributed by atoms with Gasteiger partial charge in [-0.2, -0.15) is 0 Å². The minimum atomic E-state index is 0.470. The summed E-state index contributed by atoms with van der Waals surface area (Å²) < 4.78 is 0. The lowest BCUT2D eigenvalue weighted by Crippen LogP contribution is -2.34. The van der Waals surface area contributed by atoms with Crippen LogP contribution in [0.5, 0.6) is 0 Å².